The zero-order chi connectivity index (χ0) is 21.4. The molecule has 0 bridgehead atoms. The summed E-state index contributed by atoms with van der Waals surface area (Å²) in [5.74, 6) is -0.805. The summed E-state index contributed by atoms with van der Waals surface area (Å²) in [6, 6.07) is 29.7. The van der Waals surface area contributed by atoms with Crippen molar-refractivity contribution in [2.24, 2.45) is 0 Å². The molecular formula is C26H27NO2Si. The normalized spacial score (nSPS) is 12.2. The van der Waals surface area contributed by atoms with Gasteiger partial charge in [0.15, 0.2) is 0 Å². The van der Waals surface area contributed by atoms with Crippen molar-refractivity contribution in [3.8, 4) is 0 Å². The molecule has 0 spiro atoms. The molecule has 0 saturated heterocycles. The third-order valence-electron chi connectivity index (χ3n) is 5.97. The molecule has 0 aliphatic carbocycles. The molecule has 152 valence electrons. The van der Waals surface area contributed by atoms with Crippen LogP contribution in [0.1, 0.15) is 26.3 Å². The second-order valence-electron chi connectivity index (χ2n) is 8.80. The van der Waals surface area contributed by atoms with E-state index in [0.717, 1.165) is 16.5 Å². The van der Waals surface area contributed by atoms with Crippen LogP contribution in [0.15, 0.2) is 91.1 Å². The monoisotopic (exact) mass is 413 g/mol. The minimum absolute atomic E-state index is 0.0196. The van der Waals surface area contributed by atoms with E-state index in [1.54, 1.807) is 0 Å². The van der Waals surface area contributed by atoms with Gasteiger partial charge in [-0.25, -0.2) is 0 Å². The first-order valence-corrected chi connectivity index (χ1v) is 12.2. The number of aliphatic carboxylic acids is 1. The number of hydrogen-bond donors (Lipinski definition) is 1. The van der Waals surface area contributed by atoms with E-state index in [1.165, 1.54) is 10.4 Å². The molecule has 30 heavy (non-hydrogen) atoms. The van der Waals surface area contributed by atoms with E-state index in [9.17, 15) is 9.90 Å². The molecule has 0 aliphatic heterocycles. The molecule has 1 heterocycles. The van der Waals surface area contributed by atoms with Crippen molar-refractivity contribution < 1.29 is 9.90 Å². The molecule has 1 aromatic heterocycles. The highest BCUT2D eigenvalue weighted by Gasteiger charge is 2.50. The molecule has 3 aromatic carbocycles. The first-order chi connectivity index (χ1) is 14.4. The fourth-order valence-corrected chi connectivity index (χ4v) is 10.5. The lowest BCUT2D eigenvalue weighted by molar-refractivity contribution is -0.136. The zero-order valence-electron chi connectivity index (χ0n) is 17.7. The van der Waals surface area contributed by atoms with E-state index < -0.39 is 14.2 Å². The Morgan fingerprint density at radius 3 is 1.83 bits per heavy atom. The van der Waals surface area contributed by atoms with Crippen LogP contribution in [0.2, 0.25) is 5.04 Å². The Hall–Kier alpha value is -3.11. The number of para-hydroxylation sites is 1. The van der Waals surface area contributed by atoms with Crippen LogP contribution in [0.25, 0.3) is 10.9 Å². The number of fused-ring (bicyclic) bond motifs is 1. The molecule has 3 nitrogen and oxygen atoms in total. The third kappa shape index (κ3) is 3.17. The Morgan fingerprint density at radius 2 is 1.33 bits per heavy atom. The lowest BCUT2D eigenvalue weighted by Gasteiger charge is -2.45. The van der Waals surface area contributed by atoms with Crippen LogP contribution in [0.4, 0.5) is 0 Å². The van der Waals surface area contributed by atoms with Crippen LogP contribution in [-0.4, -0.2) is 23.5 Å². The average Bonchev–Trinajstić information content (AvgIpc) is 3.07. The fourth-order valence-electron chi connectivity index (χ4n) is 4.86. The number of carboxylic acid groups (broad SMARTS) is 1. The summed E-state index contributed by atoms with van der Waals surface area (Å²) in [7, 11) is -2.60. The molecule has 0 atom stereocenters. The predicted octanol–water partition coefficient (Wildman–Crippen LogP) is 4.68. The van der Waals surface area contributed by atoms with Crippen molar-refractivity contribution in [2.75, 3.05) is 0 Å². The van der Waals surface area contributed by atoms with Crippen LogP contribution in [-0.2, 0) is 11.2 Å². The summed E-state index contributed by atoms with van der Waals surface area (Å²) in [4.78, 5) is 11.6. The van der Waals surface area contributed by atoms with E-state index >= 15 is 0 Å². The Kier molecular flexibility index (Phi) is 5.12. The molecule has 4 rings (SSSR count). The average molecular weight is 414 g/mol. The van der Waals surface area contributed by atoms with Crippen LogP contribution in [0.3, 0.4) is 0 Å². The SMILES string of the molecule is CC(C)(C)[Si](c1ccccc1)(c1ccccc1)n1cc(CC(=O)O)c2ccccc21. The Labute approximate surface area is 178 Å². The van der Waals surface area contributed by atoms with E-state index in [4.69, 9.17) is 0 Å². The van der Waals surface area contributed by atoms with E-state index in [1.807, 2.05) is 18.2 Å². The molecule has 0 unspecified atom stereocenters. The van der Waals surface area contributed by atoms with E-state index in [-0.39, 0.29) is 11.5 Å². The number of nitrogens with zero attached hydrogens (tertiary/aromatic N) is 1. The van der Waals surface area contributed by atoms with Gasteiger partial charge in [-0.1, -0.05) is 99.6 Å². The van der Waals surface area contributed by atoms with E-state index in [2.05, 4.69) is 97.9 Å². The number of rotatable bonds is 5. The summed E-state index contributed by atoms with van der Waals surface area (Å²) in [6.45, 7) is 6.93. The van der Waals surface area contributed by atoms with Crippen LogP contribution >= 0.6 is 0 Å². The number of benzene rings is 3. The fraction of sp³-hybridized carbons (Fsp3) is 0.192. The van der Waals surface area contributed by atoms with Crippen molar-refractivity contribution in [2.45, 2.75) is 32.2 Å². The molecule has 0 radical (unpaired) electrons. The van der Waals surface area contributed by atoms with Gasteiger partial charge < -0.3 is 9.34 Å². The van der Waals surface area contributed by atoms with Gasteiger partial charge in [0.05, 0.1) is 6.42 Å². The molecule has 0 aliphatic rings. The molecule has 0 saturated carbocycles. The number of hydrogen-bond acceptors (Lipinski definition) is 1. The van der Waals surface area contributed by atoms with E-state index in [0.29, 0.717) is 0 Å². The zero-order valence-corrected chi connectivity index (χ0v) is 18.7. The first-order valence-electron chi connectivity index (χ1n) is 10.3. The highest BCUT2D eigenvalue weighted by molar-refractivity contribution is 7.03. The molecule has 4 aromatic rings. The molecule has 0 fully saturated rings. The standard InChI is InChI=1S/C26H27NO2Si/c1-26(2,3)30(21-12-6-4-7-13-21,22-14-8-5-9-15-22)27-19-20(18-25(28)29)23-16-10-11-17-24(23)27/h4-17,19H,18H2,1-3H3,(H,28,29). The van der Waals surface area contributed by atoms with Gasteiger partial charge in [-0.2, -0.15) is 0 Å². The Bertz CT molecular complexity index is 1130. The topological polar surface area (TPSA) is 42.2 Å². The molecule has 4 heteroatoms. The van der Waals surface area contributed by atoms with Gasteiger partial charge in [0.2, 0.25) is 8.24 Å². The molecule has 0 amide bonds. The van der Waals surface area contributed by atoms with Gasteiger partial charge in [0, 0.05) is 17.1 Å². The van der Waals surface area contributed by atoms with Crippen molar-refractivity contribution in [1.29, 1.82) is 0 Å². The number of aromatic nitrogens is 1. The number of carbonyl (C=O) groups is 1. The van der Waals surface area contributed by atoms with Crippen molar-refractivity contribution in [3.05, 3.63) is 96.7 Å². The maximum absolute atomic E-state index is 11.6. The maximum Gasteiger partial charge on any atom is 0.307 e. The predicted molar refractivity (Wildman–Crippen MR) is 126 cm³/mol. The lowest BCUT2D eigenvalue weighted by atomic mass is 10.1. The first kappa shape index (κ1) is 20.2. The van der Waals surface area contributed by atoms with Gasteiger partial charge in [0.25, 0.3) is 0 Å². The van der Waals surface area contributed by atoms with Gasteiger partial charge in [0.1, 0.15) is 0 Å². The van der Waals surface area contributed by atoms with Crippen LogP contribution in [0, 0.1) is 0 Å². The minimum atomic E-state index is -2.60. The highest BCUT2D eigenvalue weighted by Crippen LogP contribution is 2.39. The van der Waals surface area contributed by atoms with Crippen molar-refractivity contribution in [1.82, 2.24) is 4.23 Å². The smallest absolute Gasteiger partial charge is 0.307 e. The van der Waals surface area contributed by atoms with Gasteiger partial charge >= 0.3 is 5.97 Å². The second kappa shape index (κ2) is 7.61. The van der Waals surface area contributed by atoms with Crippen LogP contribution < -0.4 is 10.4 Å². The second-order valence-corrected chi connectivity index (χ2v) is 13.4. The summed E-state index contributed by atoms with van der Waals surface area (Å²) >= 11 is 0. The van der Waals surface area contributed by atoms with Crippen molar-refractivity contribution >= 4 is 35.5 Å². The summed E-state index contributed by atoms with van der Waals surface area (Å²) in [5.41, 5.74) is 1.97. The third-order valence-corrected chi connectivity index (χ3v) is 11.6. The van der Waals surface area contributed by atoms with Gasteiger partial charge in [-0.15, -0.1) is 0 Å². The molecular weight excluding hydrogens is 386 g/mol. The van der Waals surface area contributed by atoms with Crippen molar-refractivity contribution in [3.63, 3.8) is 0 Å². The quantitative estimate of drug-likeness (QED) is 0.483. The van der Waals surface area contributed by atoms with Gasteiger partial charge in [-0.05, 0) is 27.0 Å². The minimum Gasteiger partial charge on any atom is -0.481 e. The lowest BCUT2D eigenvalue weighted by Crippen LogP contribution is -2.69. The molecule has 1 N–H and O–H groups in total. The maximum atomic E-state index is 11.6. The van der Waals surface area contributed by atoms with Crippen LogP contribution in [0.5, 0.6) is 0 Å². The number of carboxylic acids is 1. The largest absolute Gasteiger partial charge is 0.481 e. The Morgan fingerprint density at radius 1 is 0.833 bits per heavy atom. The Balaban J connectivity index is 2.17. The highest BCUT2D eigenvalue weighted by atomic mass is 28.3. The van der Waals surface area contributed by atoms with Gasteiger partial charge in [-0.3, -0.25) is 4.79 Å². The summed E-state index contributed by atoms with van der Waals surface area (Å²) in [5, 5.41) is 13.1. The summed E-state index contributed by atoms with van der Waals surface area (Å²) < 4.78 is 2.44. The summed E-state index contributed by atoms with van der Waals surface area (Å²) in [6.07, 6.45) is 2.13.